The summed E-state index contributed by atoms with van der Waals surface area (Å²) in [5.74, 6) is 7.54. The molecule has 1 fully saturated rings. The number of carbonyl (C=O) groups excluding carboxylic acids is 1. The Morgan fingerprint density at radius 2 is 1.52 bits per heavy atom. The molecule has 0 heterocycles. The lowest BCUT2D eigenvalue weighted by Crippen LogP contribution is -2.23. The summed E-state index contributed by atoms with van der Waals surface area (Å²) in [6, 6.07) is 21.3. The van der Waals surface area contributed by atoms with Crippen LogP contribution in [0.3, 0.4) is 0 Å². The second kappa shape index (κ2) is 12.6. The maximum Gasteiger partial charge on any atom is 0.133 e. The third kappa shape index (κ3) is 8.02. The second-order valence-corrected chi connectivity index (χ2v) is 9.90. The highest BCUT2D eigenvalue weighted by molar-refractivity contribution is 5.79. The lowest BCUT2D eigenvalue weighted by molar-refractivity contribution is -0.119. The summed E-state index contributed by atoms with van der Waals surface area (Å²) in [7, 11) is 0. The first-order chi connectivity index (χ1) is 16.0. The molecular weight excluding hydrogens is 402 g/mol. The van der Waals surface area contributed by atoms with E-state index in [2.05, 4.69) is 98.2 Å². The number of benzene rings is 2. The summed E-state index contributed by atoms with van der Waals surface area (Å²) in [5, 5.41) is 0. The van der Waals surface area contributed by atoms with E-state index in [0.717, 1.165) is 51.7 Å². The lowest BCUT2D eigenvalue weighted by atomic mass is 9.77. The van der Waals surface area contributed by atoms with Crippen molar-refractivity contribution < 1.29 is 4.79 Å². The Balaban J connectivity index is 1.83. The van der Waals surface area contributed by atoms with Crippen molar-refractivity contribution in [1.82, 2.24) is 4.90 Å². The molecule has 0 amide bonds. The van der Waals surface area contributed by atoms with Gasteiger partial charge < -0.3 is 0 Å². The molecular formula is C31H39NO. The monoisotopic (exact) mass is 441 g/mol. The predicted octanol–water partition coefficient (Wildman–Crippen LogP) is 7.35. The molecule has 1 aliphatic rings. The van der Waals surface area contributed by atoms with Crippen LogP contribution in [-0.2, 0) is 17.9 Å². The quantitative estimate of drug-likeness (QED) is 0.315. The Morgan fingerprint density at radius 1 is 0.909 bits per heavy atom. The van der Waals surface area contributed by atoms with E-state index in [0.29, 0.717) is 18.6 Å². The van der Waals surface area contributed by atoms with Gasteiger partial charge in [-0.3, -0.25) is 9.69 Å². The number of carbonyl (C=O) groups is 1. The fourth-order valence-corrected chi connectivity index (χ4v) is 4.64. The first-order valence-electron chi connectivity index (χ1n) is 12.5. The molecule has 174 valence electrons. The largest absolute Gasteiger partial charge is 0.300 e. The molecule has 2 nitrogen and oxygen atoms in total. The van der Waals surface area contributed by atoms with Gasteiger partial charge in [0.15, 0.2) is 0 Å². The van der Waals surface area contributed by atoms with Crippen molar-refractivity contribution in [3.8, 4) is 11.8 Å². The van der Waals surface area contributed by atoms with Crippen molar-refractivity contribution >= 4 is 5.78 Å². The fourth-order valence-electron chi connectivity index (χ4n) is 4.64. The van der Waals surface area contributed by atoms with Crippen LogP contribution in [-0.4, -0.2) is 17.2 Å². The van der Waals surface area contributed by atoms with Crippen LogP contribution in [0.15, 0.2) is 71.8 Å². The van der Waals surface area contributed by atoms with Gasteiger partial charge >= 0.3 is 0 Å². The van der Waals surface area contributed by atoms with Crippen molar-refractivity contribution in [1.29, 1.82) is 0 Å². The van der Waals surface area contributed by atoms with Crippen LogP contribution < -0.4 is 0 Å². The van der Waals surface area contributed by atoms with E-state index < -0.39 is 0 Å². The molecule has 0 atom stereocenters. The molecule has 0 radical (unpaired) electrons. The van der Waals surface area contributed by atoms with Gasteiger partial charge in [-0.2, -0.15) is 0 Å². The Kier molecular flexibility index (Phi) is 9.52. The molecule has 3 rings (SSSR count). The van der Waals surface area contributed by atoms with Crippen molar-refractivity contribution in [3.05, 3.63) is 82.9 Å². The molecule has 0 saturated heterocycles. The minimum absolute atomic E-state index is 0.0533. The molecule has 2 aromatic carbocycles. The number of unbranched alkanes of at least 4 members (excludes halogenated alkanes) is 1. The Bertz CT molecular complexity index is 934. The number of nitrogens with zero attached hydrogens (tertiary/aromatic N) is 1. The van der Waals surface area contributed by atoms with Gasteiger partial charge in [0.05, 0.1) is 6.54 Å². The lowest BCUT2D eigenvalue weighted by Gasteiger charge is -2.28. The third-order valence-electron chi connectivity index (χ3n) is 6.68. The van der Waals surface area contributed by atoms with Crippen LogP contribution in [0.25, 0.3) is 0 Å². The highest BCUT2D eigenvalue weighted by atomic mass is 16.1. The van der Waals surface area contributed by atoms with E-state index in [-0.39, 0.29) is 5.41 Å². The normalized spacial score (nSPS) is 17.3. The van der Waals surface area contributed by atoms with Crippen LogP contribution in [0.4, 0.5) is 0 Å². The summed E-state index contributed by atoms with van der Waals surface area (Å²) in [5.41, 5.74) is 5.38. The smallest absolute Gasteiger partial charge is 0.133 e. The minimum atomic E-state index is 0.0533. The number of Topliss-reactive ketones (excluding diaryl/α,β-unsaturated/α-hetero) is 1. The Labute approximate surface area is 201 Å². The molecule has 0 bridgehead atoms. The van der Waals surface area contributed by atoms with E-state index in [1.807, 2.05) is 0 Å². The molecule has 0 aliphatic heterocycles. The van der Waals surface area contributed by atoms with E-state index in [1.54, 1.807) is 0 Å². The average molecular weight is 442 g/mol. The molecule has 2 aromatic rings. The van der Waals surface area contributed by atoms with E-state index in [9.17, 15) is 4.79 Å². The summed E-state index contributed by atoms with van der Waals surface area (Å²) >= 11 is 0. The van der Waals surface area contributed by atoms with E-state index in [1.165, 1.54) is 22.3 Å². The molecule has 2 heteroatoms. The first kappa shape index (κ1) is 25.0. The van der Waals surface area contributed by atoms with Crippen LogP contribution in [0, 0.1) is 17.3 Å². The minimum Gasteiger partial charge on any atom is -0.300 e. The van der Waals surface area contributed by atoms with Gasteiger partial charge in [-0.15, -0.1) is 0 Å². The third-order valence-corrected chi connectivity index (χ3v) is 6.68. The van der Waals surface area contributed by atoms with Crippen LogP contribution in [0.5, 0.6) is 0 Å². The predicted molar refractivity (Wildman–Crippen MR) is 139 cm³/mol. The number of hydrogen-bond donors (Lipinski definition) is 0. The zero-order valence-corrected chi connectivity index (χ0v) is 20.7. The van der Waals surface area contributed by atoms with Crippen LogP contribution in [0.2, 0.25) is 0 Å². The van der Waals surface area contributed by atoms with E-state index >= 15 is 0 Å². The summed E-state index contributed by atoms with van der Waals surface area (Å²) < 4.78 is 0. The molecule has 0 N–H and O–H groups in total. The van der Waals surface area contributed by atoms with Crippen molar-refractivity contribution in [2.24, 2.45) is 5.41 Å². The molecule has 0 spiro atoms. The highest BCUT2D eigenvalue weighted by Gasteiger charge is 2.29. The molecule has 1 aliphatic carbocycles. The number of ketones is 1. The topological polar surface area (TPSA) is 20.3 Å². The van der Waals surface area contributed by atoms with Crippen molar-refractivity contribution in [3.63, 3.8) is 0 Å². The number of hydrogen-bond acceptors (Lipinski definition) is 2. The molecule has 0 unspecified atom stereocenters. The second-order valence-electron chi connectivity index (χ2n) is 9.90. The van der Waals surface area contributed by atoms with Gasteiger partial charge in [-0.1, -0.05) is 105 Å². The fraction of sp³-hybridized carbons (Fsp3) is 0.452. The number of rotatable bonds is 8. The van der Waals surface area contributed by atoms with Crippen LogP contribution in [0.1, 0.15) is 76.8 Å². The zero-order valence-electron chi connectivity index (χ0n) is 20.7. The summed E-state index contributed by atoms with van der Waals surface area (Å²) in [6.07, 6.45) is 6.51. The van der Waals surface area contributed by atoms with Gasteiger partial charge in [-0.05, 0) is 42.2 Å². The van der Waals surface area contributed by atoms with Gasteiger partial charge in [0, 0.05) is 31.5 Å². The molecule has 1 saturated carbocycles. The van der Waals surface area contributed by atoms with Gasteiger partial charge in [0.2, 0.25) is 0 Å². The Hall–Kier alpha value is -2.63. The van der Waals surface area contributed by atoms with Crippen LogP contribution >= 0.6 is 0 Å². The zero-order chi connectivity index (χ0) is 23.5. The van der Waals surface area contributed by atoms with Gasteiger partial charge in [-0.25, -0.2) is 0 Å². The summed E-state index contributed by atoms with van der Waals surface area (Å²) in [6.45, 7) is 9.32. The van der Waals surface area contributed by atoms with E-state index in [4.69, 9.17) is 0 Å². The van der Waals surface area contributed by atoms with Crippen molar-refractivity contribution in [2.45, 2.75) is 78.8 Å². The summed E-state index contributed by atoms with van der Waals surface area (Å²) in [4.78, 5) is 14.6. The van der Waals surface area contributed by atoms with Gasteiger partial charge in [0.25, 0.3) is 0 Å². The number of allylic oxidation sites excluding steroid dienone is 2. The maximum absolute atomic E-state index is 12.1. The SMILES string of the molecule is CCCC/C(C#CCN(Cc1ccccc1)Cc1ccccc1)=C1\CCC(=O)CCC1(C)C. The van der Waals surface area contributed by atoms with Gasteiger partial charge in [0.1, 0.15) is 5.78 Å². The highest BCUT2D eigenvalue weighted by Crippen LogP contribution is 2.40. The van der Waals surface area contributed by atoms with Crippen molar-refractivity contribution in [2.75, 3.05) is 6.54 Å². The molecule has 33 heavy (non-hydrogen) atoms. The first-order valence-corrected chi connectivity index (χ1v) is 12.5. The maximum atomic E-state index is 12.1. The average Bonchev–Trinajstić information content (AvgIpc) is 2.95. The standard InChI is InChI=1S/C31H39NO/c1-4-5-17-28(30-20-19-29(33)21-22-31(30,2)3)18-12-23-32(24-26-13-8-6-9-14-26)25-27-15-10-7-11-16-27/h6-11,13-16H,4-5,17,19-25H2,1-3H3/b30-28-. The molecule has 0 aromatic heterocycles. The Morgan fingerprint density at radius 3 is 2.09 bits per heavy atom.